The minimum Gasteiger partial charge on any atom is -0.354 e. The molecule has 0 saturated carbocycles. The Kier molecular flexibility index (Phi) is 5.76. The average Bonchev–Trinajstić information content (AvgIpc) is 3.22. The summed E-state index contributed by atoms with van der Waals surface area (Å²) < 4.78 is 25.0. The van der Waals surface area contributed by atoms with Gasteiger partial charge in [-0.3, -0.25) is 9.69 Å². The Hall–Kier alpha value is -3.76. The standard InChI is InChI=1S/C24H24N6O3S/c1-34(32,33)20-10-8-19(9-11-20)26-24-27-23-21(3-2-13-30(23)28-24)18-6-4-17(5-7-18)15-29-14-12-25-22(31)16-29/h2-11,13H,12,14-16H2,1H3,(H,25,31)(H,26,28). The van der Waals surface area contributed by atoms with Gasteiger partial charge in [-0.15, -0.1) is 5.10 Å². The molecule has 0 unspecified atom stereocenters. The largest absolute Gasteiger partial charge is 0.354 e. The zero-order valence-electron chi connectivity index (χ0n) is 18.6. The van der Waals surface area contributed by atoms with E-state index < -0.39 is 9.84 Å². The van der Waals surface area contributed by atoms with Crippen LogP contribution in [0, 0.1) is 0 Å². The molecule has 0 spiro atoms. The number of rotatable bonds is 6. The second-order valence-electron chi connectivity index (χ2n) is 8.30. The van der Waals surface area contributed by atoms with Gasteiger partial charge in [0.2, 0.25) is 11.9 Å². The molecule has 1 saturated heterocycles. The van der Waals surface area contributed by atoms with E-state index >= 15 is 0 Å². The zero-order chi connectivity index (χ0) is 23.7. The van der Waals surface area contributed by atoms with Crippen LogP contribution >= 0.6 is 0 Å². The smallest absolute Gasteiger partial charge is 0.247 e. The number of hydrogen-bond acceptors (Lipinski definition) is 7. The Labute approximate surface area is 197 Å². The van der Waals surface area contributed by atoms with Crippen molar-refractivity contribution in [1.29, 1.82) is 0 Å². The van der Waals surface area contributed by atoms with Crippen LogP contribution < -0.4 is 10.6 Å². The third kappa shape index (κ3) is 4.78. The molecular weight excluding hydrogens is 452 g/mol. The van der Waals surface area contributed by atoms with Crippen molar-refractivity contribution in [2.75, 3.05) is 31.2 Å². The molecule has 0 aliphatic carbocycles. The second-order valence-corrected chi connectivity index (χ2v) is 10.3. The fraction of sp³-hybridized carbons (Fsp3) is 0.208. The predicted octanol–water partition coefficient (Wildman–Crippen LogP) is 2.48. The summed E-state index contributed by atoms with van der Waals surface area (Å²) in [6, 6.07) is 18.7. The number of pyridine rings is 1. The minimum atomic E-state index is -3.25. The highest BCUT2D eigenvalue weighted by atomic mass is 32.2. The first-order valence-electron chi connectivity index (χ1n) is 10.9. The average molecular weight is 477 g/mol. The van der Waals surface area contributed by atoms with Crippen LogP contribution in [0.3, 0.4) is 0 Å². The fourth-order valence-corrected chi connectivity index (χ4v) is 4.60. The van der Waals surface area contributed by atoms with Gasteiger partial charge < -0.3 is 10.6 Å². The maximum absolute atomic E-state index is 11.7. The van der Waals surface area contributed by atoms with Crippen LogP contribution in [0.5, 0.6) is 0 Å². The van der Waals surface area contributed by atoms with Crippen LogP contribution in [-0.2, 0) is 21.2 Å². The molecule has 1 amide bonds. The number of sulfone groups is 1. The first-order valence-corrected chi connectivity index (χ1v) is 12.8. The van der Waals surface area contributed by atoms with Crippen molar-refractivity contribution in [2.24, 2.45) is 0 Å². The van der Waals surface area contributed by atoms with E-state index in [4.69, 9.17) is 0 Å². The normalized spacial score (nSPS) is 14.8. The summed E-state index contributed by atoms with van der Waals surface area (Å²) in [5, 5.41) is 10.5. The van der Waals surface area contributed by atoms with E-state index in [0.717, 1.165) is 29.8 Å². The van der Waals surface area contributed by atoms with Gasteiger partial charge in [-0.25, -0.2) is 12.9 Å². The number of benzene rings is 2. The summed E-state index contributed by atoms with van der Waals surface area (Å²) in [6.07, 6.45) is 3.01. The Morgan fingerprint density at radius 2 is 1.82 bits per heavy atom. The summed E-state index contributed by atoms with van der Waals surface area (Å²) in [4.78, 5) is 18.6. The Morgan fingerprint density at radius 3 is 2.53 bits per heavy atom. The molecule has 2 aromatic carbocycles. The van der Waals surface area contributed by atoms with Gasteiger partial charge in [0.1, 0.15) is 0 Å². The molecule has 174 valence electrons. The first-order chi connectivity index (χ1) is 16.3. The van der Waals surface area contributed by atoms with Gasteiger partial charge >= 0.3 is 0 Å². The predicted molar refractivity (Wildman–Crippen MR) is 130 cm³/mol. The van der Waals surface area contributed by atoms with Crippen molar-refractivity contribution in [3.8, 4) is 11.1 Å². The fourth-order valence-electron chi connectivity index (χ4n) is 3.97. The lowest BCUT2D eigenvalue weighted by molar-refractivity contribution is -0.124. The van der Waals surface area contributed by atoms with Gasteiger partial charge in [0.25, 0.3) is 0 Å². The molecule has 2 aromatic heterocycles. The van der Waals surface area contributed by atoms with Crippen LogP contribution in [0.15, 0.2) is 71.8 Å². The maximum atomic E-state index is 11.7. The molecule has 1 fully saturated rings. The van der Waals surface area contributed by atoms with Crippen LogP contribution in [0.2, 0.25) is 0 Å². The molecule has 0 radical (unpaired) electrons. The molecule has 0 atom stereocenters. The number of hydrogen-bond donors (Lipinski definition) is 2. The molecule has 5 rings (SSSR count). The van der Waals surface area contributed by atoms with Crippen molar-refractivity contribution < 1.29 is 13.2 Å². The summed E-state index contributed by atoms with van der Waals surface area (Å²) in [7, 11) is -3.25. The number of amides is 1. The Balaban J connectivity index is 1.35. The van der Waals surface area contributed by atoms with Crippen LogP contribution in [0.4, 0.5) is 11.6 Å². The highest BCUT2D eigenvalue weighted by Crippen LogP contribution is 2.26. The molecule has 2 N–H and O–H groups in total. The lowest BCUT2D eigenvalue weighted by atomic mass is 10.0. The van der Waals surface area contributed by atoms with Crippen molar-refractivity contribution in [2.45, 2.75) is 11.4 Å². The summed E-state index contributed by atoms with van der Waals surface area (Å²) >= 11 is 0. The molecule has 0 bridgehead atoms. The van der Waals surface area contributed by atoms with Crippen LogP contribution in [-0.4, -0.2) is 59.7 Å². The Bertz CT molecular complexity index is 1450. The number of carbonyl (C=O) groups excluding carboxylic acids is 1. The molecular formula is C24H24N6O3S. The summed E-state index contributed by atoms with van der Waals surface area (Å²) in [6.45, 7) is 2.69. The minimum absolute atomic E-state index is 0.0668. The number of nitrogens with zero attached hydrogens (tertiary/aromatic N) is 4. The van der Waals surface area contributed by atoms with E-state index in [9.17, 15) is 13.2 Å². The third-order valence-corrected chi connectivity index (χ3v) is 6.82. The van der Waals surface area contributed by atoms with E-state index in [1.54, 1.807) is 28.8 Å². The van der Waals surface area contributed by atoms with Crippen LogP contribution in [0.25, 0.3) is 16.8 Å². The lowest BCUT2D eigenvalue weighted by Crippen LogP contribution is -2.47. The van der Waals surface area contributed by atoms with Crippen molar-refractivity contribution in [3.63, 3.8) is 0 Å². The number of piperazine rings is 1. The van der Waals surface area contributed by atoms with Gasteiger partial charge in [-0.1, -0.05) is 24.3 Å². The van der Waals surface area contributed by atoms with Crippen molar-refractivity contribution in [1.82, 2.24) is 24.8 Å². The Morgan fingerprint density at radius 1 is 1.06 bits per heavy atom. The summed E-state index contributed by atoms with van der Waals surface area (Å²) in [5.41, 5.74) is 4.51. The zero-order valence-corrected chi connectivity index (χ0v) is 19.4. The van der Waals surface area contributed by atoms with E-state index in [0.29, 0.717) is 30.4 Å². The van der Waals surface area contributed by atoms with E-state index in [1.165, 1.54) is 6.26 Å². The lowest BCUT2D eigenvalue weighted by Gasteiger charge is -2.26. The monoisotopic (exact) mass is 476 g/mol. The quantitative estimate of drug-likeness (QED) is 0.440. The van der Waals surface area contributed by atoms with Gasteiger partial charge in [0.15, 0.2) is 15.5 Å². The van der Waals surface area contributed by atoms with Crippen molar-refractivity contribution in [3.05, 3.63) is 72.4 Å². The van der Waals surface area contributed by atoms with Gasteiger partial charge in [0.05, 0.1) is 11.4 Å². The van der Waals surface area contributed by atoms with E-state index in [-0.39, 0.29) is 10.8 Å². The topological polar surface area (TPSA) is 109 Å². The molecule has 1 aliphatic rings. The molecule has 9 nitrogen and oxygen atoms in total. The number of anilines is 2. The second kappa shape index (κ2) is 8.88. The maximum Gasteiger partial charge on any atom is 0.247 e. The SMILES string of the molecule is CS(=O)(=O)c1ccc(Nc2nc3c(-c4ccc(CN5CCNC(=O)C5)cc4)cccn3n2)cc1. The number of carbonyl (C=O) groups is 1. The first kappa shape index (κ1) is 22.1. The summed E-state index contributed by atoms with van der Waals surface area (Å²) in [5.74, 6) is 0.483. The number of fused-ring (bicyclic) bond motifs is 1. The molecule has 34 heavy (non-hydrogen) atoms. The van der Waals surface area contributed by atoms with Gasteiger partial charge in [-0.2, -0.15) is 4.98 Å². The highest BCUT2D eigenvalue weighted by Gasteiger charge is 2.16. The van der Waals surface area contributed by atoms with Gasteiger partial charge in [0, 0.05) is 43.3 Å². The molecule has 3 heterocycles. The highest BCUT2D eigenvalue weighted by molar-refractivity contribution is 7.90. The molecule has 10 heteroatoms. The van der Waals surface area contributed by atoms with Gasteiger partial charge in [-0.05, 0) is 47.5 Å². The third-order valence-electron chi connectivity index (χ3n) is 5.69. The van der Waals surface area contributed by atoms with E-state index in [1.807, 2.05) is 18.3 Å². The van der Waals surface area contributed by atoms with E-state index in [2.05, 4.69) is 49.9 Å². The van der Waals surface area contributed by atoms with Crippen molar-refractivity contribution >= 4 is 33.0 Å². The number of aromatic nitrogens is 3. The molecule has 4 aromatic rings. The van der Waals surface area contributed by atoms with Crippen LogP contribution in [0.1, 0.15) is 5.56 Å². The number of nitrogens with one attached hydrogen (secondary N) is 2. The molecule has 1 aliphatic heterocycles.